The summed E-state index contributed by atoms with van der Waals surface area (Å²) in [6.45, 7) is 3.27. The van der Waals surface area contributed by atoms with Gasteiger partial charge in [0.05, 0.1) is 30.8 Å². The maximum atomic E-state index is 12.7. The predicted molar refractivity (Wildman–Crippen MR) is 141 cm³/mol. The Balaban J connectivity index is 1.41. The van der Waals surface area contributed by atoms with Gasteiger partial charge in [-0.15, -0.1) is 0 Å². The number of aliphatic hydroxyl groups excluding tert-OH is 1. The third-order valence-electron chi connectivity index (χ3n) is 6.15. The Kier molecular flexibility index (Phi) is 7.75. The Morgan fingerprint density at radius 1 is 1.03 bits per heavy atom. The quantitative estimate of drug-likeness (QED) is 0.362. The fraction of sp³-hybridized carbons (Fsp3) is 0.286. The van der Waals surface area contributed by atoms with Gasteiger partial charge in [-0.2, -0.15) is 0 Å². The van der Waals surface area contributed by atoms with Gasteiger partial charge in [-0.3, -0.25) is 9.78 Å². The molecule has 2 aromatic heterocycles. The van der Waals surface area contributed by atoms with E-state index in [0.29, 0.717) is 41.2 Å². The Hall–Kier alpha value is -4.04. The van der Waals surface area contributed by atoms with Crippen LogP contribution < -0.4 is 24.7 Å². The van der Waals surface area contributed by atoms with Gasteiger partial charge in [-0.25, -0.2) is 0 Å². The van der Waals surface area contributed by atoms with Crippen molar-refractivity contribution >= 4 is 16.6 Å². The van der Waals surface area contributed by atoms with Crippen LogP contribution in [0.1, 0.15) is 6.92 Å². The molecule has 8 nitrogen and oxygen atoms in total. The molecule has 8 heteroatoms. The summed E-state index contributed by atoms with van der Waals surface area (Å²) >= 11 is 0. The fourth-order valence-corrected chi connectivity index (χ4v) is 4.17. The minimum Gasteiger partial charge on any atom is -0.493 e. The second-order valence-electron chi connectivity index (χ2n) is 8.40. The third kappa shape index (κ3) is 5.28. The number of fused-ring (bicyclic) bond motifs is 1. The van der Waals surface area contributed by atoms with Crippen molar-refractivity contribution in [1.29, 1.82) is 0 Å². The van der Waals surface area contributed by atoms with Crippen LogP contribution in [0, 0.1) is 0 Å². The van der Waals surface area contributed by atoms with Crippen LogP contribution in [0.25, 0.3) is 22.2 Å². The SMILES string of the molecule is CCN(CC(O)COc1ccc(-c2cc3ncccc3c(=O)n2C)cc1)c1ccc(OC)c(OC)c1. The van der Waals surface area contributed by atoms with Crippen LogP contribution in [0.5, 0.6) is 17.2 Å². The smallest absolute Gasteiger partial charge is 0.260 e. The van der Waals surface area contributed by atoms with E-state index in [4.69, 9.17) is 14.2 Å². The highest BCUT2D eigenvalue weighted by Crippen LogP contribution is 2.31. The first-order valence-electron chi connectivity index (χ1n) is 11.8. The van der Waals surface area contributed by atoms with E-state index >= 15 is 0 Å². The highest BCUT2D eigenvalue weighted by Gasteiger charge is 2.15. The fourth-order valence-electron chi connectivity index (χ4n) is 4.17. The van der Waals surface area contributed by atoms with Crippen molar-refractivity contribution in [2.45, 2.75) is 13.0 Å². The van der Waals surface area contributed by atoms with Gasteiger partial charge in [0.1, 0.15) is 18.5 Å². The lowest BCUT2D eigenvalue weighted by Crippen LogP contribution is -2.35. The van der Waals surface area contributed by atoms with Gasteiger partial charge < -0.3 is 28.8 Å². The molecule has 0 aliphatic rings. The normalized spacial score (nSPS) is 11.8. The van der Waals surface area contributed by atoms with Gasteiger partial charge in [0, 0.05) is 38.1 Å². The van der Waals surface area contributed by atoms with Crippen molar-refractivity contribution in [1.82, 2.24) is 9.55 Å². The highest BCUT2D eigenvalue weighted by molar-refractivity contribution is 5.81. The molecule has 0 aliphatic carbocycles. The van der Waals surface area contributed by atoms with E-state index in [-0.39, 0.29) is 12.2 Å². The number of methoxy groups -OCH3 is 2. The molecule has 0 saturated carbocycles. The third-order valence-corrected chi connectivity index (χ3v) is 6.15. The van der Waals surface area contributed by atoms with Crippen molar-refractivity contribution < 1.29 is 19.3 Å². The predicted octanol–water partition coefficient (Wildman–Crippen LogP) is 3.88. The molecule has 4 rings (SSSR count). The van der Waals surface area contributed by atoms with Gasteiger partial charge in [-0.1, -0.05) is 0 Å². The Labute approximate surface area is 210 Å². The molecule has 0 spiro atoms. The number of benzene rings is 2. The van der Waals surface area contributed by atoms with Crippen LogP contribution in [0.3, 0.4) is 0 Å². The zero-order valence-corrected chi connectivity index (χ0v) is 21.0. The maximum absolute atomic E-state index is 12.7. The first-order chi connectivity index (χ1) is 17.4. The molecule has 2 heterocycles. The number of anilines is 1. The lowest BCUT2D eigenvalue weighted by Gasteiger charge is -2.26. The zero-order chi connectivity index (χ0) is 25.7. The summed E-state index contributed by atoms with van der Waals surface area (Å²) in [5.74, 6) is 1.93. The number of rotatable bonds is 10. The Morgan fingerprint density at radius 2 is 1.78 bits per heavy atom. The average molecular weight is 490 g/mol. The number of pyridine rings is 2. The molecule has 4 aromatic rings. The molecule has 1 unspecified atom stereocenters. The summed E-state index contributed by atoms with van der Waals surface area (Å²) in [4.78, 5) is 19.1. The molecule has 188 valence electrons. The van der Waals surface area contributed by atoms with Crippen LogP contribution >= 0.6 is 0 Å². The zero-order valence-electron chi connectivity index (χ0n) is 21.0. The molecule has 0 bridgehead atoms. The van der Waals surface area contributed by atoms with Crippen LogP contribution in [0.15, 0.2) is 71.7 Å². The van der Waals surface area contributed by atoms with Gasteiger partial charge in [-0.05, 0) is 67.1 Å². The number of aromatic nitrogens is 2. The molecule has 0 amide bonds. The molecule has 2 aromatic carbocycles. The van der Waals surface area contributed by atoms with Crippen LogP contribution in [0.4, 0.5) is 5.69 Å². The van der Waals surface area contributed by atoms with Crippen LogP contribution in [-0.4, -0.2) is 54.7 Å². The topological polar surface area (TPSA) is 86.1 Å². The van der Waals surface area contributed by atoms with E-state index < -0.39 is 6.10 Å². The van der Waals surface area contributed by atoms with Crippen molar-refractivity contribution in [2.75, 3.05) is 38.8 Å². The number of ether oxygens (including phenoxy) is 3. The van der Waals surface area contributed by atoms with Gasteiger partial charge in [0.25, 0.3) is 5.56 Å². The molecular weight excluding hydrogens is 458 g/mol. The van der Waals surface area contributed by atoms with E-state index in [2.05, 4.69) is 4.98 Å². The van der Waals surface area contributed by atoms with Crippen molar-refractivity contribution in [3.8, 4) is 28.5 Å². The number of hydrogen-bond acceptors (Lipinski definition) is 7. The van der Waals surface area contributed by atoms with Crippen LogP contribution in [0.2, 0.25) is 0 Å². The average Bonchev–Trinajstić information content (AvgIpc) is 2.92. The first kappa shape index (κ1) is 25.1. The molecule has 36 heavy (non-hydrogen) atoms. The number of aliphatic hydroxyl groups is 1. The molecule has 0 aliphatic heterocycles. The molecule has 0 radical (unpaired) electrons. The molecule has 1 N–H and O–H groups in total. The largest absolute Gasteiger partial charge is 0.493 e. The standard InChI is InChI=1S/C28H31N3O5/c1-5-31(20-10-13-26(34-3)27(15-20)35-4)17-21(32)18-36-22-11-8-19(9-12-22)25-16-24-23(7-6-14-29-24)28(33)30(25)2/h6-16,21,32H,5,17-18H2,1-4H3. The maximum Gasteiger partial charge on any atom is 0.260 e. The Morgan fingerprint density at radius 3 is 2.47 bits per heavy atom. The lowest BCUT2D eigenvalue weighted by molar-refractivity contribution is 0.112. The summed E-state index contributed by atoms with van der Waals surface area (Å²) in [7, 11) is 4.95. The second kappa shape index (κ2) is 11.1. The van der Waals surface area contributed by atoms with E-state index in [1.54, 1.807) is 44.2 Å². The monoisotopic (exact) mass is 489 g/mol. The minimum atomic E-state index is -0.704. The summed E-state index contributed by atoms with van der Waals surface area (Å²) in [5, 5.41) is 11.2. The number of nitrogens with zero attached hydrogens (tertiary/aromatic N) is 3. The van der Waals surface area contributed by atoms with Crippen molar-refractivity contribution in [3.05, 3.63) is 77.2 Å². The first-order valence-corrected chi connectivity index (χ1v) is 11.8. The molecule has 0 saturated heterocycles. The van der Waals surface area contributed by atoms with E-state index in [9.17, 15) is 9.90 Å². The van der Waals surface area contributed by atoms with E-state index in [1.807, 2.05) is 60.4 Å². The number of hydrogen-bond donors (Lipinski definition) is 1. The molecule has 1 atom stereocenters. The van der Waals surface area contributed by atoms with Crippen molar-refractivity contribution in [2.24, 2.45) is 7.05 Å². The molecule has 0 fully saturated rings. The molecular formula is C28H31N3O5. The van der Waals surface area contributed by atoms with Gasteiger partial charge in [0.2, 0.25) is 0 Å². The Bertz CT molecular complexity index is 1380. The number of likely N-dealkylation sites (N-methyl/N-ethyl adjacent to an activating group) is 1. The van der Waals surface area contributed by atoms with Gasteiger partial charge in [0.15, 0.2) is 11.5 Å². The van der Waals surface area contributed by atoms with Crippen LogP contribution in [-0.2, 0) is 7.05 Å². The summed E-state index contributed by atoms with van der Waals surface area (Å²) in [6, 6.07) is 18.6. The lowest BCUT2D eigenvalue weighted by atomic mass is 10.1. The minimum absolute atomic E-state index is 0.0889. The van der Waals surface area contributed by atoms with Gasteiger partial charge >= 0.3 is 0 Å². The summed E-state index contributed by atoms with van der Waals surface area (Å²) in [6.07, 6.45) is 0.976. The highest BCUT2D eigenvalue weighted by atomic mass is 16.5. The summed E-state index contributed by atoms with van der Waals surface area (Å²) in [5.41, 5.74) is 3.14. The van der Waals surface area contributed by atoms with E-state index in [1.165, 1.54) is 0 Å². The van der Waals surface area contributed by atoms with E-state index in [0.717, 1.165) is 16.9 Å². The van der Waals surface area contributed by atoms with Crippen molar-refractivity contribution in [3.63, 3.8) is 0 Å². The summed E-state index contributed by atoms with van der Waals surface area (Å²) < 4.78 is 18.2. The second-order valence-corrected chi connectivity index (χ2v) is 8.40.